The summed E-state index contributed by atoms with van der Waals surface area (Å²) in [6, 6.07) is 22.3. The van der Waals surface area contributed by atoms with Crippen LogP contribution in [0.5, 0.6) is 0 Å². The quantitative estimate of drug-likeness (QED) is 0.575. The summed E-state index contributed by atoms with van der Waals surface area (Å²) in [6.45, 7) is 1.24. The molecule has 0 aliphatic carbocycles. The summed E-state index contributed by atoms with van der Waals surface area (Å²) in [4.78, 5) is 18.7. The Balaban J connectivity index is 1.42. The second kappa shape index (κ2) is 7.36. The predicted molar refractivity (Wildman–Crippen MR) is 112 cm³/mol. The number of nitrogens with zero attached hydrogens (tertiary/aromatic N) is 3. The van der Waals surface area contributed by atoms with Crippen LogP contribution in [-0.2, 0) is 13.0 Å². The van der Waals surface area contributed by atoms with Crippen molar-refractivity contribution < 1.29 is 4.79 Å². The van der Waals surface area contributed by atoms with Crippen molar-refractivity contribution in [2.45, 2.75) is 13.0 Å². The van der Waals surface area contributed by atoms with Gasteiger partial charge in [-0.25, -0.2) is 0 Å². The minimum absolute atomic E-state index is 0.0321. The maximum absolute atomic E-state index is 12.8. The van der Waals surface area contributed by atoms with Gasteiger partial charge in [0.1, 0.15) is 0 Å². The maximum atomic E-state index is 12.8. The molecule has 0 atom stereocenters. The van der Waals surface area contributed by atoms with Crippen molar-refractivity contribution in [3.05, 3.63) is 95.9 Å². The molecule has 5 rings (SSSR count). The van der Waals surface area contributed by atoms with E-state index in [-0.39, 0.29) is 5.91 Å². The number of hydrogen-bond donors (Lipinski definition) is 1. The second-order valence-corrected chi connectivity index (χ2v) is 7.19. The summed E-state index contributed by atoms with van der Waals surface area (Å²) in [5.41, 5.74) is 7.23. The summed E-state index contributed by atoms with van der Waals surface area (Å²) < 4.78 is 0. The van der Waals surface area contributed by atoms with Crippen LogP contribution in [0.2, 0.25) is 0 Å². The first-order valence-electron chi connectivity index (χ1n) is 9.71. The number of pyridine rings is 1. The molecule has 1 aliphatic rings. The maximum Gasteiger partial charge on any atom is 0.254 e. The Kier molecular flexibility index (Phi) is 4.41. The van der Waals surface area contributed by atoms with Crippen molar-refractivity contribution in [1.82, 2.24) is 20.1 Å². The Bertz CT molecular complexity index is 1130. The number of rotatable bonds is 3. The van der Waals surface area contributed by atoms with Crippen LogP contribution >= 0.6 is 0 Å². The van der Waals surface area contributed by atoms with Gasteiger partial charge in [0.2, 0.25) is 0 Å². The van der Waals surface area contributed by atoms with Crippen molar-refractivity contribution in [3.8, 4) is 22.4 Å². The summed E-state index contributed by atoms with van der Waals surface area (Å²) in [5, 5.41) is 7.74. The van der Waals surface area contributed by atoms with Gasteiger partial charge in [0.15, 0.2) is 0 Å². The van der Waals surface area contributed by atoms with Crippen LogP contribution in [0.3, 0.4) is 0 Å². The zero-order valence-corrected chi connectivity index (χ0v) is 15.9. The Hall–Kier alpha value is -3.73. The molecule has 4 aromatic rings. The lowest BCUT2D eigenvalue weighted by atomic mass is 9.98. The number of hydrogen-bond acceptors (Lipinski definition) is 3. The molecule has 0 radical (unpaired) electrons. The Morgan fingerprint density at radius 2 is 1.55 bits per heavy atom. The van der Waals surface area contributed by atoms with Crippen LogP contribution in [0.15, 0.2) is 79.1 Å². The van der Waals surface area contributed by atoms with Gasteiger partial charge in [0.05, 0.1) is 5.69 Å². The number of benzene rings is 2. The minimum atomic E-state index is 0.0321. The molecule has 0 fully saturated rings. The van der Waals surface area contributed by atoms with Gasteiger partial charge in [-0.1, -0.05) is 54.6 Å². The molecule has 5 nitrogen and oxygen atoms in total. The van der Waals surface area contributed by atoms with Gasteiger partial charge < -0.3 is 4.90 Å². The molecule has 0 saturated heterocycles. The third-order valence-corrected chi connectivity index (χ3v) is 5.41. The fraction of sp³-hybridized carbons (Fsp3) is 0.125. The fourth-order valence-corrected chi connectivity index (χ4v) is 3.84. The highest BCUT2D eigenvalue weighted by atomic mass is 16.2. The van der Waals surface area contributed by atoms with E-state index in [4.69, 9.17) is 0 Å². The zero-order valence-electron chi connectivity index (χ0n) is 15.9. The third kappa shape index (κ3) is 3.31. The number of aromatic nitrogens is 3. The van der Waals surface area contributed by atoms with E-state index in [2.05, 4.69) is 51.6 Å². The Morgan fingerprint density at radius 1 is 0.862 bits per heavy atom. The van der Waals surface area contributed by atoms with Gasteiger partial charge in [-0.05, 0) is 23.3 Å². The summed E-state index contributed by atoms with van der Waals surface area (Å²) in [5.74, 6) is 0.0321. The van der Waals surface area contributed by atoms with E-state index in [0.717, 1.165) is 28.9 Å². The molecule has 2 aromatic heterocycles. The molecule has 3 heterocycles. The van der Waals surface area contributed by atoms with Crippen molar-refractivity contribution in [2.24, 2.45) is 0 Å². The summed E-state index contributed by atoms with van der Waals surface area (Å²) in [6.07, 6.45) is 4.08. The molecule has 29 heavy (non-hydrogen) atoms. The average molecular weight is 380 g/mol. The summed E-state index contributed by atoms with van der Waals surface area (Å²) in [7, 11) is 0. The van der Waals surface area contributed by atoms with E-state index < -0.39 is 0 Å². The van der Waals surface area contributed by atoms with E-state index >= 15 is 0 Å². The van der Waals surface area contributed by atoms with Crippen LogP contribution in [0.4, 0.5) is 0 Å². The number of carbonyl (C=O) groups is 1. The van der Waals surface area contributed by atoms with E-state index in [1.807, 2.05) is 23.1 Å². The average Bonchev–Trinajstić information content (AvgIpc) is 3.23. The van der Waals surface area contributed by atoms with Crippen molar-refractivity contribution in [1.29, 1.82) is 0 Å². The smallest absolute Gasteiger partial charge is 0.254 e. The lowest BCUT2D eigenvalue weighted by molar-refractivity contribution is 0.0734. The molecule has 5 heteroatoms. The molecule has 1 amide bonds. The Morgan fingerprint density at radius 3 is 2.31 bits per heavy atom. The van der Waals surface area contributed by atoms with Gasteiger partial charge in [-0.3, -0.25) is 14.9 Å². The molecular weight excluding hydrogens is 360 g/mol. The fourth-order valence-electron chi connectivity index (χ4n) is 3.84. The van der Waals surface area contributed by atoms with Crippen LogP contribution < -0.4 is 0 Å². The molecule has 2 aromatic carbocycles. The van der Waals surface area contributed by atoms with Crippen LogP contribution in [0, 0.1) is 0 Å². The van der Waals surface area contributed by atoms with Crippen molar-refractivity contribution in [3.63, 3.8) is 0 Å². The van der Waals surface area contributed by atoms with E-state index in [0.29, 0.717) is 18.7 Å². The van der Waals surface area contributed by atoms with Crippen LogP contribution in [0.1, 0.15) is 21.6 Å². The highest BCUT2D eigenvalue weighted by Gasteiger charge is 2.26. The standard InChI is InChI=1S/C24H20N4O/c29-24(20-10-13-25-14-11-20)28-15-12-22-21(16-28)23(27-26-22)19-8-6-18(7-9-19)17-4-2-1-3-5-17/h1-11,13-14H,12,15-16H2,(H,26,27). The van der Waals surface area contributed by atoms with E-state index in [1.165, 1.54) is 11.1 Å². The number of fused-ring (bicyclic) bond motifs is 1. The van der Waals surface area contributed by atoms with Crippen molar-refractivity contribution in [2.75, 3.05) is 6.54 Å². The highest BCUT2D eigenvalue weighted by Crippen LogP contribution is 2.30. The van der Waals surface area contributed by atoms with E-state index in [1.54, 1.807) is 24.5 Å². The molecule has 1 aliphatic heterocycles. The molecule has 142 valence electrons. The highest BCUT2D eigenvalue weighted by molar-refractivity contribution is 5.94. The van der Waals surface area contributed by atoms with Crippen LogP contribution in [-0.4, -0.2) is 32.5 Å². The largest absolute Gasteiger partial charge is 0.334 e. The Labute approximate surface area is 169 Å². The zero-order chi connectivity index (χ0) is 19.6. The lowest BCUT2D eigenvalue weighted by Gasteiger charge is -2.27. The van der Waals surface area contributed by atoms with Crippen LogP contribution in [0.25, 0.3) is 22.4 Å². The molecule has 0 bridgehead atoms. The normalized spacial score (nSPS) is 13.2. The number of aromatic amines is 1. The molecule has 1 N–H and O–H groups in total. The van der Waals surface area contributed by atoms with Gasteiger partial charge in [-0.2, -0.15) is 5.10 Å². The third-order valence-electron chi connectivity index (χ3n) is 5.41. The number of carbonyl (C=O) groups excluding carboxylic acids is 1. The minimum Gasteiger partial charge on any atom is -0.334 e. The predicted octanol–water partition coefficient (Wildman–Crippen LogP) is 4.34. The van der Waals surface area contributed by atoms with Gasteiger partial charge in [0, 0.05) is 54.3 Å². The van der Waals surface area contributed by atoms with Crippen molar-refractivity contribution >= 4 is 5.91 Å². The molecule has 0 saturated carbocycles. The first-order valence-corrected chi connectivity index (χ1v) is 9.71. The molecule has 0 spiro atoms. The lowest BCUT2D eigenvalue weighted by Crippen LogP contribution is -2.35. The van der Waals surface area contributed by atoms with Gasteiger partial charge in [-0.15, -0.1) is 0 Å². The topological polar surface area (TPSA) is 61.9 Å². The first kappa shape index (κ1) is 17.4. The monoisotopic (exact) mass is 380 g/mol. The van der Waals surface area contributed by atoms with Gasteiger partial charge >= 0.3 is 0 Å². The first-order chi connectivity index (χ1) is 14.3. The summed E-state index contributed by atoms with van der Waals surface area (Å²) >= 11 is 0. The second-order valence-electron chi connectivity index (χ2n) is 7.19. The number of H-pyrrole nitrogens is 1. The molecular formula is C24H20N4O. The number of amides is 1. The SMILES string of the molecule is O=C(c1ccncc1)N1CCc2[nH]nc(-c3ccc(-c4ccccc4)cc3)c2C1. The number of nitrogens with one attached hydrogen (secondary N) is 1. The van der Waals surface area contributed by atoms with E-state index in [9.17, 15) is 4.79 Å². The van der Waals surface area contributed by atoms with Gasteiger partial charge in [0.25, 0.3) is 5.91 Å². The molecule has 0 unspecified atom stereocenters.